The summed E-state index contributed by atoms with van der Waals surface area (Å²) in [6, 6.07) is 0. The van der Waals surface area contributed by atoms with Gasteiger partial charge < -0.3 is 49.8 Å². The van der Waals surface area contributed by atoms with Crippen molar-refractivity contribution in [3.63, 3.8) is 0 Å². The predicted molar refractivity (Wildman–Crippen MR) is 212 cm³/mol. The Morgan fingerprint density at radius 1 is 0.965 bits per heavy atom. The maximum Gasteiger partial charge on any atom is 0.312 e. The second kappa shape index (κ2) is 17.2. The fourth-order valence-corrected chi connectivity index (χ4v) is 7.83. The topological polar surface area (TPSA) is 217 Å². The van der Waals surface area contributed by atoms with E-state index in [-0.39, 0.29) is 44.5 Å². The molecule has 2 aromatic carbocycles. The molecule has 6 rings (SSSR count). The highest BCUT2D eigenvalue weighted by Crippen LogP contribution is 2.55. The van der Waals surface area contributed by atoms with E-state index in [2.05, 4.69) is 10.4 Å². The molecular formula is C42H55N3O12. The highest BCUT2D eigenvalue weighted by atomic mass is 16.7. The molecule has 15 nitrogen and oxygen atoms in total. The van der Waals surface area contributed by atoms with Crippen molar-refractivity contribution in [2.75, 3.05) is 25.5 Å². The van der Waals surface area contributed by atoms with Crippen LogP contribution in [0.5, 0.6) is 23.0 Å². The smallest absolute Gasteiger partial charge is 0.312 e. The summed E-state index contributed by atoms with van der Waals surface area (Å²) in [5.74, 6) is -8.28. The fraction of sp³-hybridized carbons (Fsp3) is 0.524. The SMILES string of the molecule is CO[C@H]1/C=C/O[C@@]2(C)Oc3c(C)c(O)c4c(O)c(c(/C=N\N5CCCC5)c(O)c4c3C2=O)NC(=O)/C(C)=C\C=C\[C@H](C)[C@H](O)[C@@H](C)[C@@H](O)[C@@H](C)[C@H](OC(C)=O)[C@@H]1C. The molecule has 0 aliphatic carbocycles. The summed E-state index contributed by atoms with van der Waals surface area (Å²) in [6.45, 7) is 13.8. The molecule has 0 saturated carbocycles. The number of allylic oxidation sites excluding steroid dienone is 2. The van der Waals surface area contributed by atoms with Gasteiger partial charge in [-0.25, -0.2) is 0 Å². The van der Waals surface area contributed by atoms with Gasteiger partial charge in [-0.1, -0.05) is 45.9 Å². The molecule has 1 saturated heterocycles. The molecule has 5 bridgehead atoms. The van der Waals surface area contributed by atoms with Crippen LogP contribution in [0, 0.1) is 30.6 Å². The average Bonchev–Trinajstić information content (AvgIpc) is 3.79. The van der Waals surface area contributed by atoms with Crippen LogP contribution in [0.3, 0.4) is 0 Å². The number of amides is 1. The standard InChI is InChI=1S/C42H55N3O12/c1-20-13-12-14-21(2)41(53)44-32-27(19-43-45-16-10-11-17-45)36(50)29-30(37(32)51)35(49)25(6)39-31(29)40(52)42(8,57-39)55-18-15-28(54-9)22(3)38(56-26(7)46)24(5)34(48)23(4)33(20)47/h12-15,18-20,22-24,28,33-34,38,47-51H,10-11,16-17H2,1-9H3,(H,44,53)/b13-12+,18-15+,21-14-,43-19-/t20-,22+,23+,24+,28-,33-,34+,38+,42-/m0/s1. The molecule has 0 radical (unpaired) electrons. The van der Waals surface area contributed by atoms with Crippen molar-refractivity contribution < 1.29 is 58.9 Å². The average molecular weight is 794 g/mol. The number of Topliss-reactive ketones (excluding diaryl/α,β-unsaturated/α-hetero) is 1. The minimum absolute atomic E-state index is 0.0602. The summed E-state index contributed by atoms with van der Waals surface area (Å²) in [6.07, 6.45) is 6.68. The fourth-order valence-electron chi connectivity index (χ4n) is 7.83. The number of ketones is 1. The summed E-state index contributed by atoms with van der Waals surface area (Å²) in [5.41, 5.74) is -0.313. The molecular weight excluding hydrogens is 738 g/mol. The van der Waals surface area contributed by atoms with Gasteiger partial charge in [0.15, 0.2) is 5.75 Å². The lowest BCUT2D eigenvalue weighted by atomic mass is 9.78. The molecule has 0 spiro atoms. The second-order valence-corrected chi connectivity index (χ2v) is 15.5. The van der Waals surface area contributed by atoms with Crippen molar-refractivity contribution >= 4 is 40.3 Å². The highest BCUT2D eigenvalue weighted by molar-refractivity contribution is 6.23. The van der Waals surface area contributed by atoms with E-state index in [1.54, 1.807) is 44.9 Å². The molecule has 1 amide bonds. The van der Waals surface area contributed by atoms with Gasteiger partial charge in [-0.15, -0.1) is 0 Å². The summed E-state index contributed by atoms with van der Waals surface area (Å²) in [5, 5.41) is 66.5. The minimum Gasteiger partial charge on any atom is -0.507 e. The normalized spacial score (nSPS) is 32.2. The van der Waals surface area contributed by atoms with Gasteiger partial charge in [-0.05, 0) is 32.8 Å². The van der Waals surface area contributed by atoms with Crippen LogP contribution < -0.4 is 10.1 Å². The van der Waals surface area contributed by atoms with Crippen LogP contribution >= 0.6 is 0 Å². The van der Waals surface area contributed by atoms with Crippen LogP contribution in [-0.2, 0) is 23.8 Å². The van der Waals surface area contributed by atoms with Crippen molar-refractivity contribution in [1.82, 2.24) is 5.01 Å². The number of rotatable bonds is 4. The zero-order chi connectivity index (χ0) is 42.1. The van der Waals surface area contributed by atoms with Crippen LogP contribution in [0.1, 0.15) is 82.8 Å². The van der Waals surface area contributed by atoms with E-state index < -0.39 is 88.8 Å². The number of carbonyl (C=O) groups excluding carboxylic acids is 3. The van der Waals surface area contributed by atoms with E-state index in [1.165, 1.54) is 59.4 Å². The number of carbonyl (C=O) groups is 3. The number of esters is 1. The molecule has 4 aliphatic heterocycles. The summed E-state index contributed by atoms with van der Waals surface area (Å²) >= 11 is 0. The first kappa shape index (κ1) is 43.0. The molecule has 57 heavy (non-hydrogen) atoms. The number of ether oxygens (including phenoxy) is 4. The van der Waals surface area contributed by atoms with Gasteiger partial charge in [0.25, 0.3) is 11.7 Å². The molecule has 0 unspecified atom stereocenters. The Hall–Kier alpha value is -5.12. The van der Waals surface area contributed by atoms with Crippen LogP contribution in [0.15, 0.2) is 41.2 Å². The van der Waals surface area contributed by atoms with Gasteiger partial charge in [-0.3, -0.25) is 19.4 Å². The zero-order valence-electron chi connectivity index (χ0n) is 33.9. The molecule has 4 aliphatic rings. The van der Waals surface area contributed by atoms with Crippen molar-refractivity contribution in [2.24, 2.45) is 28.8 Å². The van der Waals surface area contributed by atoms with E-state index in [4.69, 9.17) is 18.9 Å². The van der Waals surface area contributed by atoms with E-state index in [1.807, 2.05) is 0 Å². The summed E-state index contributed by atoms with van der Waals surface area (Å²) in [7, 11) is 1.44. The third kappa shape index (κ3) is 8.32. The first-order chi connectivity index (χ1) is 26.8. The lowest BCUT2D eigenvalue weighted by Crippen LogP contribution is -2.46. The number of hydrogen-bond acceptors (Lipinski definition) is 14. The molecule has 6 N–H and O–H groups in total. The second-order valence-electron chi connectivity index (χ2n) is 15.5. The third-order valence-electron chi connectivity index (χ3n) is 11.5. The number of benzene rings is 2. The Morgan fingerprint density at radius 3 is 2.26 bits per heavy atom. The number of fused-ring (bicyclic) bond motifs is 14. The van der Waals surface area contributed by atoms with Crippen LogP contribution in [0.2, 0.25) is 0 Å². The molecule has 310 valence electrons. The number of anilines is 1. The lowest BCUT2D eigenvalue weighted by Gasteiger charge is -2.38. The number of aromatic hydroxyl groups is 3. The number of nitrogens with zero attached hydrogens (tertiary/aromatic N) is 2. The first-order valence-electron chi connectivity index (χ1n) is 19.2. The van der Waals surface area contributed by atoms with Gasteiger partial charge in [0.1, 0.15) is 23.4 Å². The maximum absolute atomic E-state index is 14.4. The predicted octanol–water partition coefficient (Wildman–Crippen LogP) is 5.18. The van der Waals surface area contributed by atoms with E-state index in [0.29, 0.717) is 13.1 Å². The lowest BCUT2D eigenvalue weighted by molar-refractivity contribution is -0.160. The number of hydrogen-bond donors (Lipinski definition) is 6. The Morgan fingerprint density at radius 2 is 1.63 bits per heavy atom. The molecule has 9 atom stereocenters. The number of phenolic OH excluding ortho intramolecular Hbond substituents is 3. The highest BCUT2D eigenvalue weighted by Gasteiger charge is 2.50. The molecule has 0 aromatic heterocycles. The van der Waals surface area contributed by atoms with Crippen LogP contribution in [0.25, 0.3) is 10.8 Å². The third-order valence-corrected chi connectivity index (χ3v) is 11.5. The van der Waals surface area contributed by atoms with Gasteiger partial charge in [-0.2, -0.15) is 5.10 Å². The van der Waals surface area contributed by atoms with Gasteiger partial charge in [0, 0.05) is 74.2 Å². The Balaban J connectivity index is 1.71. The van der Waals surface area contributed by atoms with Crippen LogP contribution in [-0.4, -0.2) is 105 Å². The monoisotopic (exact) mass is 793 g/mol. The number of hydrazone groups is 1. The summed E-state index contributed by atoms with van der Waals surface area (Å²) < 4.78 is 23.5. The number of nitrogens with one attached hydrogen (secondary N) is 1. The first-order valence-corrected chi connectivity index (χ1v) is 19.2. The quantitative estimate of drug-likeness (QED) is 0.102. The van der Waals surface area contributed by atoms with Crippen molar-refractivity contribution in [1.29, 1.82) is 0 Å². The van der Waals surface area contributed by atoms with Crippen molar-refractivity contribution in [3.05, 3.63) is 52.8 Å². The van der Waals surface area contributed by atoms with Crippen molar-refractivity contribution in [2.45, 2.75) is 98.4 Å². The Kier molecular flexibility index (Phi) is 13.0. The van der Waals surface area contributed by atoms with Crippen LogP contribution in [0.4, 0.5) is 5.69 Å². The number of aliphatic hydroxyl groups is 2. The Labute approximate surface area is 332 Å². The molecule has 4 heterocycles. The number of methoxy groups -OCH3 is 1. The minimum atomic E-state index is -2.03. The largest absolute Gasteiger partial charge is 0.507 e. The zero-order valence-corrected chi connectivity index (χ0v) is 33.9. The maximum atomic E-state index is 14.4. The van der Waals surface area contributed by atoms with Gasteiger partial charge in [0.2, 0.25) is 0 Å². The summed E-state index contributed by atoms with van der Waals surface area (Å²) in [4.78, 5) is 40.3. The molecule has 15 heteroatoms. The van der Waals surface area contributed by atoms with Gasteiger partial charge >= 0.3 is 11.8 Å². The van der Waals surface area contributed by atoms with E-state index in [0.717, 1.165) is 12.8 Å². The molecule has 2 aromatic rings. The number of phenols is 3. The van der Waals surface area contributed by atoms with Gasteiger partial charge in [0.05, 0.1) is 53.0 Å². The van der Waals surface area contributed by atoms with Crippen molar-refractivity contribution in [3.8, 4) is 23.0 Å². The number of aliphatic hydroxyl groups excluding tert-OH is 2. The molecule has 1 fully saturated rings. The van der Waals surface area contributed by atoms with E-state index in [9.17, 15) is 39.9 Å². The van der Waals surface area contributed by atoms with E-state index >= 15 is 0 Å². The Bertz CT molecular complexity index is 2020.